The summed E-state index contributed by atoms with van der Waals surface area (Å²) < 4.78 is 30.1. The van der Waals surface area contributed by atoms with Crippen molar-refractivity contribution in [1.82, 2.24) is 25.0 Å². The molecule has 1 fully saturated rings. The zero-order valence-corrected chi connectivity index (χ0v) is 14.8. The molecule has 3 rings (SSSR count). The lowest BCUT2D eigenvalue weighted by Crippen LogP contribution is -2.41. The third kappa shape index (κ3) is 3.35. The fourth-order valence-electron chi connectivity index (χ4n) is 3.17. The Morgan fingerprint density at radius 1 is 1.25 bits per heavy atom. The third-order valence-corrected chi connectivity index (χ3v) is 6.01. The van der Waals surface area contributed by atoms with Gasteiger partial charge in [-0.2, -0.15) is 0 Å². The van der Waals surface area contributed by atoms with Gasteiger partial charge in [0.15, 0.2) is 0 Å². The van der Waals surface area contributed by atoms with Crippen LogP contribution in [0.1, 0.15) is 31.0 Å². The average molecular weight is 349 g/mol. The summed E-state index contributed by atoms with van der Waals surface area (Å²) in [6, 6.07) is 5.05. The quantitative estimate of drug-likeness (QED) is 0.809. The largest absolute Gasteiger partial charge is 0.313 e. The van der Waals surface area contributed by atoms with E-state index in [9.17, 15) is 8.42 Å². The van der Waals surface area contributed by atoms with Gasteiger partial charge < -0.3 is 5.32 Å². The molecule has 2 heterocycles. The highest BCUT2D eigenvalue weighted by Crippen LogP contribution is 2.20. The van der Waals surface area contributed by atoms with E-state index in [1.807, 2.05) is 13.0 Å². The lowest BCUT2D eigenvalue weighted by molar-refractivity contribution is 0.413. The van der Waals surface area contributed by atoms with E-state index in [4.69, 9.17) is 0 Å². The molecule has 0 unspecified atom stereocenters. The number of aromatic nitrogens is 3. The van der Waals surface area contributed by atoms with E-state index in [1.54, 1.807) is 29.2 Å². The zero-order chi connectivity index (χ0) is 17.2. The van der Waals surface area contributed by atoms with Crippen LogP contribution in [0, 0.1) is 0 Å². The van der Waals surface area contributed by atoms with Gasteiger partial charge in [0.1, 0.15) is 0 Å². The molecule has 130 valence electrons. The summed E-state index contributed by atoms with van der Waals surface area (Å²) in [5.41, 5.74) is 2.28. The van der Waals surface area contributed by atoms with Crippen LogP contribution in [0.25, 0.3) is 0 Å². The van der Waals surface area contributed by atoms with E-state index >= 15 is 0 Å². The Morgan fingerprint density at radius 2 is 2.04 bits per heavy atom. The molecule has 1 aliphatic heterocycles. The maximum atomic E-state index is 12.8. The van der Waals surface area contributed by atoms with Crippen LogP contribution >= 0.6 is 0 Å². The third-order valence-electron chi connectivity index (χ3n) is 4.52. The number of nitrogens with one attached hydrogen (secondary N) is 2. The van der Waals surface area contributed by atoms with Crippen molar-refractivity contribution in [2.24, 2.45) is 0 Å². The molecule has 0 aliphatic carbocycles. The number of rotatable bonds is 6. The first-order valence-electron chi connectivity index (χ1n) is 8.25. The Bertz CT molecular complexity index is 789. The van der Waals surface area contributed by atoms with Crippen LogP contribution in [0.15, 0.2) is 35.5 Å². The Balaban J connectivity index is 1.83. The van der Waals surface area contributed by atoms with Crippen molar-refractivity contribution < 1.29 is 8.42 Å². The van der Waals surface area contributed by atoms with Gasteiger partial charge in [-0.1, -0.05) is 25.1 Å². The Labute approximate surface area is 142 Å². The van der Waals surface area contributed by atoms with Crippen LogP contribution in [0.4, 0.5) is 0 Å². The standard InChI is InChI=1S/C16H23N5O2S/c1-3-12-5-6-14(9-13(12)4-2)24(22,23)19-15-10-17-11-16(15)21-8-7-18-20-21/h5-9,15-17,19H,3-4,10-11H2,1-2H3/t15-,16+/m1/s1. The molecule has 0 saturated carbocycles. The van der Waals surface area contributed by atoms with E-state index in [1.165, 1.54) is 5.56 Å². The fourth-order valence-corrected chi connectivity index (χ4v) is 4.49. The second kappa shape index (κ2) is 7.00. The van der Waals surface area contributed by atoms with Gasteiger partial charge in [-0.3, -0.25) is 0 Å². The van der Waals surface area contributed by atoms with E-state index in [0.29, 0.717) is 18.0 Å². The summed E-state index contributed by atoms with van der Waals surface area (Å²) in [6.07, 6.45) is 5.07. The molecule has 1 aromatic heterocycles. The summed E-state index contributed by atoms with van der Waals surface area (Å²) in [5, 5.41) is 11.0. The molecule has 2 N–H and O–H groups in total. The summed E-state index contributed by atoms with van der Waals surface area (Å²) in [6.45, 7) is 5.34. The number of hydrogen-bond donors (Lipinski definition) is 2. The molecule has 0 radical (unpaired) electrons. The number of aryl methyl sites for hydroxylation is 2. The highest BCUT2D eigenvalue weighted by atomic mass is 32.2. The molecule has 7 nitrogen and oxygen atoms in total. The Kier molecular flexibility index (Phi) is 4.98. The molecule has 0 spiro atoms. The van der Waals surface area contributed by atoms with Crippen molar-refractivity contribution in [3.8, 4) is 0 Å². The van der Waals surface area contributed by atoms with Gasteiger partial charge >= 0.3 is 0 Å². The molecule has 2 atom stereocenters. The molecule has 8 heteroatoms. The van der Waals surface area contributed by atoms with Gasteiger partial charge in [-0.05, 0) is 36.1 Å². The van der Waals surface area contributed by atoms with Crippen LogP contribution < -0.4 is 10.0 Å². The van der Waals surface area contributed by atoms with Crippen LogP contribution in [0.5, 0.6) is 0 Å². The topological polar surface area (TPSA) is 88.9 Å². The predicted octanol–water partition coefficient (Wildman–Crippen LogP) is 0.894. The monoisotopic (exact) mass is 349 g/mol. The van der Waals surface area contributed by atoms with E-state index in [0.717, 1.165) is 18.4 Å². The smallest absolute Gasteiger partial charge is 0.240 e. The summed E-state index contributed by atoms with van der Waals surface area (Å²) in [7, 11) is -3.58. The maximum Gasteiger partial charge on any atom is 0.240 e. The SMILES string of the molecule is CCc1ccc(S(=O)(=O)N[C@@H]2CNC[C@@H]2n2ccnn2)cc1CC. The predicted molar refractivity (Wildman–Crippen MR) is 91.2 cm³/mol. The van der Waals surface area contributed by atoms with Gasteiger partial charge in [0.2, 0.25) is 10.0 Å². The number of sulfonamides is 1. The second-order valence-electron chi connectivity index (χ2n) is 5.97. The summed E-state index contributed by atoms with van der Waals surface area (Å²) in [5.74, 6) is 0. The fraction of sp³-hybridized carbons (Fsp3) is 0.500. The van der Waals surface area contributed by atoms with Crippen molar-refractivity contribution >= 4 is 10.0 Å². The number of hydrogen-bond acceptors (Lipinski definition) is 5. The molecule has 24 heavy (non-hydrogen) atoms. The van der Waals surface area contributed by atoms with Gasteiger partial charge in [-0.25, -0.2) is 17.8 Å². The number of benzene rings is 1. The first-order valence-corrected chi connectivity index (χ1v) is 9.74. The first-order chi connectivity index (χ1) is 11.5. The minimum absolute atomic E-state index is 0.0807. The lowest BCUT2D eigenvalue weighted by Gasteiger charge is -2.20. The zero-order valence-electron chi connectivity index (χ0n) is 13.9. The average Bonchev–Trinajstić information content (AvgIpc) is 3.24. The van der Waals surface area contributed by atoms with Crippen molar-refractivity contribution in [1.29, 1.82) is 0 Å². The molecule has 0 bridgehead atoms. The highest BCUT2D eigenvalue weighted by molar-refractivity contribution is 7.89. The lowest BCUT2D eigenvalue weighted by atomic mass is 10.0. The molecule has 1 saturated heterocycles. The normalized spacial score (nSPS) is 21.2. The molecule has 2 aromatic rings. The van der Waals surface area contributed by atoms with E-state index in [2.05, 4.69) is 27.3 Å². The summed E-state index contributed by atoms with van der Waals surface area (Å²) in [4.78, 5) is 0.320. The molecule has 0 amide bonds. The molecular weight excluding hydrogens is 326 g/mol. The highest BCUT2D eigenvalue weighted by Gasteiger charge is 2.33. The van der Waals surface area contributed by atoms with Crippen molar-refractivity contribution in [3.05, 3.63) is 41.7 Å². The van der Waals surface area contributed by atoms with E-state index < -0.39 is 10.0 Å². The van der Waals surface area contributed by atoms with Crippen LogP contribution in [0.2, 0.25) is 0 Å². The molecule has 1 aromatic carbocycles. The molecule has 1 aliphatic rings. The van der Waals surface area contributed by atoms with Crippen LogP contribution in [0.3, 0.4) is 0 Å². The second-order valence-corrected chi connectivity index (χ2v) is 7.69. The Hall–Kier alpha value is -1.77. The Morgan fingerprint density at radius 3 is 2.71 bits per heavy atom. The van der Waals surface area contributed by atoms with Gasteiger partial charge in [0.05, 0.1) is 23.2 Å². The maximum absolute atomic E-state index is 12.8. The van der Waals surface area contributed by atoms with Gasteiger partial charge in [0, 0.05) is 19.3 Å². The number of nitrogens with zero attached hydrogens (tertiary/aromatic N) is 3. The van der Waals surface area contributed by atoms with Crippen molar-refractivity contribution in [2.75, 3.05) is 13.1 Å². The first kappa shape index (κ1) is 17.1. The van der Waals surface area contributed by atoms with Crippen molar-refractivity contribution in [2.45, 2.75) is 43.7 Å². The summed E-state index contributed by atoms with van der Waals surface area (Å²) >= 11 is 0. The van der Waals surface area contributed by atoms with E-state index in [-0.39, 0.29) is 12.1 Å². The minimum atomic E-state index is -3.58. The van der Waals surface area contributed by atoms with Crippen LogP contribution in [-0.2, 0) is 22.9 Å². The van der Waals surface area contributed by atoms with Crippen molar-refractivity contribution in [3.63, 3.8) is 0 Å². The molecular formula is C16H23N5O2S. The minimum Gasteiger partial charge on any atom is -0.313 e. The van der Waals surface area contributed by atoms with Gasteiger partial charge in [0.25, 0.3) is 0 Å². The van der Waals surface area contributed by atoms with Crippen LogP contribution in [-0.4, -0.2) is 42.5 Å². The van der Waals surface area contributed by atoms with Gasteiger partial charge in [-0.15, -0.1) is 5.10 Å².